The lowest BCUT2D eigenvalue weighted by molar-refractivity contribution is 0.0697. The van der Waals surface area contributed by atoms with Crippen LogP contribution in [0.1, 0.15) is 20.7 Å². The maximum absolute atomic E-state index is 11.0. The number of carbonyl (C=O) groups excluding carboxylic acids is 1. The van der Waals surface area contributed by atoms with E-state index >= 15 is 0 Å². The molecule has 2 aromatic carbocycles. The third-order valence-electron chi connectivity index (χ3n) is 2.59. The molecule has 0 spiro atoms. The smallest absolute Gasteiger partial charge is 0.335 e. The van der Waals surface area contributed by atoms with E-state index in [1.165, 1.54) is 18.2 Å². The molecular formula is C14H9ClO3. The summed E-state index contributed by atoms with van der Waals surface area (Å²) in [5.74, 6) is -1.03. The Morgan fingerprint density at radius 3 is 2.50 bits per heavy atom. The van der Waals surface area contributed by atoms with Crippen LogP contribution in [-0.2, 0) is 0 Å². The summed E-state index contributed by atoms with van der Waals surface area (Å²) in [5.41, 5.74) is 1.77. The number of aromatic carboxylic acids is 1. The number of carbonyl (C=O) groups is 2. The summed E-state index contributed by atoms with van der Waals surface area (Å²) < 4.78 is 0. The van der Waals surface area contributed by atoms with Gasteiger partial charge in [0.15, 0.2) is 6.29 Å². The van der Waals surface area contributed by atoms with Crippen molar-refractivity contribution in [2.75, 3.05) is 0 Å². The van der Waals surface area contributed by atoms with Gasteiger partial charge < -0.3 is 5.11 Å². The summed E-state index contributed by atoms with van der Waals surface area (Å²) >= 11 is 6.06. The van der Waals surface area contributed by atoms with Gasteiger partial charge >= 0.3 is 5.97 Å². The monoisotopic (exact) mass is 260 g/mol. The molecule has 0 saturated heterocycles. The molecule has 3 nitrogen and oxygen atoms in total. The van der Waals surface area contributed by atoms with Crippen molar-refractivity contribution < 1.29 is 14.7 Å². The van der Waals surface area contributed by atoms with Crippen molar-refractivity contribution in [1.29, 1.82) is 0 Å². The molecule has 90 valence electrons. The molecule has 0 atom stereocenters. The summed E-state index contributed by atoms with van der Waals surface area (Å²) in [7, 11) is 0. The van der Waals surface area contributed by atoms with Gasteiger partial charge in [0.05, 0.1) is 5.56 Å². The highest BCUT2D eigenvalue weighted by molar-refractivity contribution is 6.33. The van der Waals surface area contributed by atoms with Gasteiger partial charge in [0.25, 0.3) is 0 Å². The molecule has 0 aliphatic heterocycles. The molecule has 0 amide bonds. The topological polar surface area (TPSA) is 54.4 Å². The minimum atomic E-state index is -1.03. The number of aldehydes is 1. The minimum absolute atomic E-state index is 0.134. The van der Waals surface area contributed by atoms with Gasteiger partial charge in [0, 0.05) is 16.1 Å². The Hall–Kier alpha value is -2.13. The van der Waals surface area contributed by atoms with Gasteiger partial charge in [-0.3, -0.25) is 4.79 Å². The second kappa shape index (κ2) is 5.02. The Balaban J connectivity index is 2.66. The van der Waals surface area contributed by atoms with E-state index < -0.39 is 5.97 Å². The Kier molecular flexibility index (Phi) is 3.44. The molecular weight excluding hydrogens is 252 g/mol. The highest BCUT2D eigenvalue weighted by Crippen LogP contribution is 2.30. The highest BCUT2D eigenvalue weighted by Gasteiger charge is 2.11. The van der Waals surface area contributed by atoms with Gasteiger partial charge in [-0.1, -0.05) is 35.9 Å². The van der Waals surface area contributed by atoms with Gasteiger partial charge in [0.2, 0.25) is 0 Å². The van der Waals surface area contributed by atoms with Crippen LogP contribution in [0.2, 0.25) is 5.02 Å². The molecule has 0 aromatic heterocycles. The summed E-state index contributed by atoms with van der Waals surface area (Å²) in [4.78, 5) is 21.9. The molecule has 2 rings (SSSR count). The van der Waals surface area contributed by atoms with Crippen molar-refractivity contribution in [3.63, 3.8) is 0 Å². The molecule has 0 radical (unpaired) electrons. The van der Waals surface area contributed by atoms with Crippen molar-refractivity contribution in [3.05, 3.63) is 58.6 Å². The summed E-state index contributed by atoms with van der Waals surface area (Å²) in [6.07, 6.45) is 0.721. The third kappa shape index (κ3) is 2.26. The third-order valence-corrected chi connectivity index (χ3v) is 2.92. The normalized spacial score (nSPS) is 10.1. The van der Waals surface area contributed by atoms with Crippen LogP contribution in [0.25, 0.3) is 11.1 Å². The first-order chi connectivity index (χ1) is 8.63. The number of carboxylic acids is 1. The molecule has 1 N–H and O–H groups in total. The number of hydrogen-bond donors (Lipinski definition) is 1. The van der Waals surface area contributed by atoms with Crippen LogP contribution in [-0.4, -0.2) is 17.4 Å². The lowest BCUT2D eigenvalue weighted by Crippen LogP contribution is -1.97. The molecule has 0 fully saturated rings. The molecule has 0 aliphatic carbocycles. The van der Waals surface area contributed by atoms with E-state index in [2.05, 4.69) is 0 Å². The van der Waals surface area contributed by atoms with Crippen LogP contribution in [0.5, 0.6) is 0 Å². The van der Waals surface area contributed by atoms with Crippen LogP contribution in [0, 0.1) is 0 Å². The zero-order chi connectivity index (χ0) is 13.1. The zero-order valence-corrected chi connectivity index (χ0v) is 10.0. The number of rotatable bonds is 3. The Morgan fingerprint density at radius 2 is 1.83 bits per heavy atom. The van der Waals surface area contributed by atoms with E-state index in [0.717, 1.165) is 6.29 Å². The quantitative estimate of drug-likeness (QED) is 0.859. The van der Waals surface area contributed by atoms with Gasteiger partial charge in [-0.15, -0.1) is 0 Å². The molecule has 2 aromatic rings. The Labute approximate surface area is 109 Å². The van der Waals surface area contributed by atoms with Crippen molar-refractivity contribution in [2.45, 2.75) is 0 Å². The van der Waals surface area contributed by atoms with Gasteiger partial charge in [0.1, 0.15) is 0 Å². The van der Waals surface area contributed by atoms with Gasteiger partial charge in [-0.25, -0.2) is 4.79 Å². The lowest BCUT2D eigenvalue weighted by atomic mass is 9.98. The van der Waals surface area contributed by atoms with E-state index in [4.69, 9.17) is 16.7 Å². The predicted molar refractivity (Wildman–Crippen MR) is 69.2 cm³/mol. The first-order valence-electron chi connectivity index (χ1n) is 5.21. The molecule has 0 heterocycles. The van der Waals surface area contributed by atoms with Gasteiger partial charge in [-0.2, -0.15) is 0 Å². The number of hydrogen-bond acceptors (Lipinski definition) is 2. The molecule has 0 aliphatic rings. The van der Waals surface area contributed by atoms with Crippen LogP contribution in [0.4, 0.5) is 0 Å². The zero-order valence-electron chi connectivity index (χ0n) is 9.26. The number of carboxylic acid groups (broad SMARTS) is 1. The van der Waals surface area contributed by atoms with Crippen molar-refractivity contribution in [1.82, 2.24) is 0 Å². The first-order valence-corrected chi connectivity index (χ1v) is 5.58. The first kappa shape index (κ1) is 12.3. The summed E-state index contributed by atoms with van der Waals surface area (Å²) in [6.45, 7) is 0. The minimum Gasteiger partial charge on any atom is -0.478 e. The molecule has 18 heavy (non-hydrogen) atoms. The SMILES string of the molecule is O=Cc1ccccc1-c1cc(C(=O)O)ccc1Cl. The second-order valence-electron chi connectivity index (χ2n) is 3.70. The number of halogens is 1. The fourth-order valence-electron chi connectivity index (χ4n) is 1.71. The largest absolute Gasteiger partial charge is 0.478 e. The van der Waals surface area contributed by atoms with Crippen LogP contribution in [0.15, 0.2) is 42.5 Å². The van der Waals surface area contributed by atoms with E-state index in [1.54, 1.807) is 24.3 Å². The molecule has 0 bridgehead atoms. The van der Waals surface area contributed by atoms with Crippen LogP contribution in [0.3, 0.4) is 0 Å². The summed E-state index contributed by atoms with van der Waals surface area (Å²) in [6, 6.07) is 11.3. The van der Waals surface area contributed by atoms with Gasteiger partial charge in [-0.05, 0) is 23.8 Å². The Bertz CT molecular complexity index is 620. The van der Waals surface area contributed by atoms with Crippen molar-refractivity contribution in [2.24, 2.45) is 0 Å². The van der Waals surface area contributed by atoms with E-state index in [-0.39, 0.29) is 5.56 Å². The van der Waals surface area contributed by atoms with E-state index in [9.17, 15) is 9.59 Å². The van der Waals surface area contributed by atoms with Crippen molar-refractivity contribution in [3.8, 4) is 11.1 Å². The average Bonchev–Trinajstić information content (AvgIpc) is 2.39. The van der Waals surface area contributed by atoms with E-state index in [0.29, 0.717) is 21.7 Å². The molecule has 0 saturated carbocycles. The summed E-state index contributed by atoms with van der Waals surface area (Å²) in [5, 5.41) is 9.37. The maximum Gasteiger partial charge on any atom is 0.335 e. The van der Waals surface area contributed by atoms with Crippen molar-refractivity contribution >= 4 is 23.9 Å². The molecule has 0 unspecified atom stereocenters. The highest BCUT2D eigenvalue weighted by atomic mass is 35.5. The van der Waals surface area contributed by atoms with Crippen LogP contribution >= 0.6 is 11.6 Å². The lowest BCUT2D eigenvalue weighted by Gasteiger charge is -2.08. The standard InChI is InChI=1S/C14H9ClO3/c15-13-6-5-9(14(17)18)7-12(13)11-4-2-1-3-10(11)8-16/h1-8H,(H,17,18). The Morgan fingerprint density at radius 1 is 1.11 bits per heavy atom. The maximum atomic E-state index is 11.0. The van der Waals surface area contributed by atoms with E-state index in [1.807, 2.05) is 0 Å². The number of benzene rings is 2. The fraction of sp³-hybridized carbons (Fsp3) is 0. The predicted octanol–water partition coefficient (Wildman–Crippen LogP) is 3.52. The second-order valence-corrected chi connectivity index (χ2v) is 4.11. The average molecular weight is 261 g/mol. The fourth-order valence-corrected chi connectivity index (χ4v) is 1.93. The van der Waals surface area contributed by atoms with Crippen LogP contribution < -0.4 is 0 Å². The molecule has 4 heteroatoms.